The minimum Gasteiger partial charge on any atom is -0.394 e. The van der Waals surface area contributed by atoms with E-state index in [0.717, 1.165) is 83.5 Å². The first-order valence-electron chi connectivity index (χ1n) is 34.9. The molecule has 0 aromatic rings. The maximum absolute atomic E-state index is 13.1. The Hall–Kier alpha value is -2.89. The second-order valence-corrected chi connectivity index (χ2v) is 23.9. The molecule has 0 saturated carbocycles. The number of unbranched alkanes of at least 4 members (excludes halogenated alkanes) is 34. The highest BCUT2D eigenvalue weighted by Gasteiger charge is 2.44. The van der Waals surface area contributed by atoms with Crippen LogP contribution in [0.4, 0.5) is 0 Å². The molecule has 1 amide bonds. The summed E-state index contributed by atoms with van der Waals surface area (Å²) in [7, 11) is 0. The van der Waals surface area contributed by atoms with E-state index < -0.39 is 49.5 Å². The van der Waals surface area contributed by atoms with E-state index in [1.807, 2.05) is 0 Å². The average Bonchev–Trinajstić information content (AvgIpc) is 3.60. The molecule has 9 nitrogen and oxygen atoms in total. The third-order valence-corrected chi connectivity index (χ3v) is 16.2. The average molecular weight is 1160 g/mol. The summed E-state index contributed by atoms with van der Waals surface area (Å²) >= 11 is 0. The van der Waals surface area contributed by atoms with Crippen LogP contribution in [0.2, 0.25) is 0 Å². The molecule has 1 saturated heterocycles. The molecule has 0 spiro atoms. The van der Waals surface area contributed by atoms with Gasteiger partial charge in [0.2, 0.25) is 5.91 Å². The first kappa shape index (κ1) is 78.1. The lowest BCUT2D eigenvalue weighted by molar-refractivity contribution is -0.302. The van der Waals surface area contributed by atoms with Crippen LogP contribution >= 0.6 is 0 Å². The largest absolute Gasteiger partial charge is 0.394 e. The predicted molar refractivity (Wildman–Crippen MR) is 355 cm³/mol. The molecular weight excluding hydrogens is 1030 g/mol. The SMILES string of the molecule is CC/C=C\C/C=C\C/C=C\C/C=C\C/C=C\C/C=C\C/C=C\C/C=C\CCCCC(=O)NC(COC1OC(CO)C(O)C(O)C1O)C(O)CCCCCCCCCCCCCCCCCCCCCCCCCCCCCCCCCCC. The van der Waals surface area contributed by atoms with Crippen LogP contribution in [-0.2, 0) is 14.3 Å². The van der Waals surface area contributed by atoms with Gasteiger partial charge in [-0.3, -0.25) is 4.79 Å². The van der Waals surface area contributed by atoms with Crippen molar-refractivity contribution in [2.45, 2.75) is 352 Å². The molecule has 6 N–H and O–H groups in total. The number of aliphatic hydroxyl groups excluding tert-OH is 5. The first-order chi connectivity index (χ1) is 40.8. The Balaban J connectivity index is 2.16. The van der Waals surface area contributed by atoms with Crippen molar-refractivity contribution in [3.8, 4) is 0 Å². The van der Waals surface area contributed by atoms with Gasteiger partial charge in [0.15, 0.2) is 6.29 Å². The number of hydrogen-bond acceptors (Lipinski definition) is 8. The second kappa shape index (κ2) is 62.2. The Morgan fingerprint density at radius 1 is 0.422 bits per heavy atom. The van der Waals surface area contributed by atoms with E-state index in [2.05, 4.69) is 116 Å². The van der Waals surface area contributed by atoms with Crippen molar-refractivity contribution in [2.75, 3.05) is 13.2 Å². The summed E-state index contributed by atoms with van der Waals surface area (Å²) in [6.07, 6.45) is 83.4. The Morgan fingerprint density at radius 2 is 0.747 bits per heavy atom. The standard InChI is InChI=1S/C74H131NO8/c1-3-5-7-9-11-13-15-17-19-21-23-25-27-29-31-32-33-34-35-36-38-39-41-43-45-47-49-51-53-55-57-59-61-63-68(77)67(66-82-74-73(81)72(80)71(79)69(65-76)83-74)75-70(78)64-62-60-58-56-54-52-50-48-46-44-42-40-37-30-28-26-24-22-20-18-16-14-12-10-8-6-4-2/h6,8,12,14,18,20,24,26,30,37,42,44,48,50,54,56,67-69,71-74,76-77,79-81H,3-5,7,9-11,13,15-17,19,21-23,25,27-29,31-36,38-41,43,45-47,49,51-53,55,57-66H2,1-2H3,(H,75,78)/b8-6-,14-12-,20-18-,26-24-,37-30-,44-42-,50-48-,56-54-. The summed E-state index contributed by atoms with van der Waals surface area (Å²) in [5.41, 5.74) is 0. The number of carbonyl (C=O) groups is 1. The number of nitrogens with one attached hydrogen (secondary N) is 1. The molecular formula is C74H131NO8. The van der Waals surface area contributed by atoms with Gasteiger partial charge in [-0.25, -0.2) is 0 Å². The molecule has 0 radical (unpaired) electrons. The van der Waals surface area contributed by atoms with Crippen molar-refractivity contribution in [3.63, 3.8) is 0 Å². The van der Waals surface area contributed by atoms with Gasteiger partial charge in [0, 0.05) is 6.42 Å². The fraction of sp³-hybridized carbons (Fsp3) is 0.770. The van der Waals surface area contributed by atoms with Crippen LogP contribution in [-0.4, -0.2) is 87.5 Å². The van der Waals surface area contributed by atoms with Gasteiger partial charge in [-0.15, -0.1) is 0 Å². The lowest BCUT2D eigenvalue weighted by Gasteiger charge is -2.40. The van der Waals surface area contributed by atoms with Crippen LogP contribution in [0, 0.1) is 0 Å². The molecule has 0 aromatic heterocycles. The lowest BCUT2D eigenvalue weighted by atomic mass is 9.99. The number of allylic oxidation sites excluding steroid dienone is 16. The molecule has 0 bridgehead atoms. The second-order valence-electron chi connectivity index (χ2n) is 23.9. The quantitative estimate of drug-likeness (QED) is 0.0261. The lowest BCUT2D eigenvalue weighted by Crippen LogP contribution is -2.60. The molecule has 9 heteroatoms. The highest BCUT2D eigenvalue weighted by molar-refractivity contribution is 5.76. The fourth-order valence-corrected chi connectivity index (χ4v) is 10.8. The molecule has 0 aliphatic carbocycles. The molecule has 1 aliphatic rings. The molecule has 1 fully saturated rings. The molecule has 480 valence electrons. The van der Waals surface area contributed by atoms with Gasteiger partial charge in [0.25, 0.3) is 0 Å². The van der Waals surface area contributed by atoms with Crippen molar-refractivity contribution in [2.24, 2.45) is 0 Å². The zero-order valence-corrected chi connectivity index (χ0v) is 53.7. The summed E-state index contributed by atoms with van der Waals surface area (Å²) in [6.45, 7) is 3.73. The highest BCUT2D eigenvalue weighted by Crippen LogP contribution is 2.24. The molecule has 0 aromatic carbocycles. The van der Waals surface area contributed by atoms with Gasteiger partial charge in [0.05, 0.1) is 25.4 Å². The normalized spacial score (nSPS) is 18.9. The topological polar surface area (TPSA) is 149 Å². The van der Waals surface area contributed by atoms with E-state index in [1.54, 1.807) is 0 Å². The third-order valence-electron chi connectivity index (χ3n) is 16.2. The van der Waals surface area contributed by atoms with Crippen molar-refractivity contribution in [3.05, 3.63) is 97.2 Å². The first-order valence-corrected chi connectivity index (χ1v) is 34.9. The minimum absolute atomic E-state index is 0.161. The van der Waals surface area contributed by atoms with Crippen LogP contribution < -0.4 is 5.32 Å². The van der Waals surface area contributed by atoms with Crippen LogP contribution in [0.1, 0.15) is 309 Å². The van der Waals surface area contributed by atoms with Gasteiger partial charge in [-0.1, -0.05) is 323 Å². The molecule has 1 heterocycles. The highest BCUT2D eigenvalue weighted by atomic mass is 16.7. The molecule has 1 aliphatic heterocycles. The number of aliphatic hydroxyl groups is 5. The van der Waals surface area contributed by atoms with Crippen molar-refractivity contribution in [1.82, 2.24) is 5.32 Å². The van der Waals surface area contributed by atoms with Gasteiger partial charge in [0.1, 0.15) is 24.4 Å². The summed E-state index contributed by atoms with van der Waals surface area (Å²) < 4.78 is 11.3. The van der Waals surface area contributed by atoms with Gasteiger partial charge in [-0.2, -0.15) is 0 Å². The van der Waals surface area contributed by atoms with Gasteiger partial charge in [-0.05, 0) is 77.0 Å². The van der Waals surface area contributed by atoms with Gasteiger partial charge < -0.3 is 40.3 Å². The van der Waals surface area contributed by atoms with E-state index in [9.17, 15) is 30.3 Å². The predicted octanol–water partition coefficient (Wildman–Crippen LogP) is 19.1. The van der Waals surface area contributed by atoms with Crippen molar-refractivity contribution < 1.29 is 39.8 Å². The summed E-state index contributed by atoms with van der Waals surface area (Å²) in [6, 6.07) is -0.752. The van der Waals surface area contributed by atoms with Crippen molar-refractivity contribution in [1.29, 1.82) is 0 Å². The molecule has 83 heavy (non-hydrogen) atoms. The molecule has 1 rings (SSSR count). The summed E-state index contributed by atoms with van der Waals surface area (Å²) in [5.74, 6) is -0.186. The Kier molecular flexibility index (Phi) is 58.5. The zero-order chi connectivity index (χ0) is 60.0. The molecule has 7 atom stereocenters. The van der Waals surface area contributed by atoms with E-state index in [0.29, 0.717) is 19.3 Å². The van der Waals surface area contributed by atoms with E-state index in [4.69, 9.17) is 9.47 Å². The Morgan fingerprint density at radius 3 is 1.08 bits per heavy atom. The van der Waals surface area contributed by atoms with Crippen molar-refractivity contribution >= 4 is 5.91 Å². The number of rotatable bonds is 60. The number of ether oxygens (including phenoxy) is 2. The Bertz CT molecular complexity index is 1630. The van der Waals surface area contributed by atoms with E-state index in [-0.39, 0.29) is 12.5 Å². The fourth-order valence-electron chi connectivity index (χ4n) is 10.8. The van der Waals surface area contributed by atoms with E-state index in [1.165, 1.54) is 193 Å². The van der Waals surface area contributed by atoms with Crippen LogP contribution in [0.3, 0.4) is 0 Å². The Labute approximate surface area is 511 Å². The third kappa shape index (κ3) is 50.9. The van der Waals surface area contributed by atoms with Crippen LogP contribution in [0.25, 0.3) is 0 Å². The summed E-state index contributed by atoms with van der Waals surface area (Å²) in [4.78, 5) is 13.1. The number of amides is 1. The monoisotopic (exact) mass is 1160 g/mol. The van der Waals surface area contributed by atoms with Gasteiger partial charge >= 0.3 is 0 Å². The van der Waals surface area contributed by atoms with Crippen LogP contribution in [0.15, 0.2) is 97.2 Å². The van der Waals surface area contributed by atoms with E-state index >= 15 is 0 Å². The maximum Gasteiger partial charge on any atom is 0.220 e. The number of hydrogen-bond donors (Lipinski definition) is 6. The van der Waals surface area contributed by atoms with Crippen LogP contribution in [0.5, 0.6) is 0 Å². The maximum atomic E-state index is 13.1. The minimum atomic E-state index is -1.57. The summed E-state index contributed by atoms with van der Waals surface area (Å²) in [5, 5.41) is 54.9. The smallest absolute Gasteiger partial charge is 0.220 e. The zero-order valence-electron chi connectivity index (χ0n) is 53.7. The number of carbonyl (C=O) groups excluding carboxylic acids is 1. The molecule has 7 unspecified atom stereocenters.